The van der Waals surface area contributed by atoms with E-state index in [0.29, 0.717) is 4.83 Å². The summed E-state index contributed by atoms with van der Waals surface area (Å²) in [6.45, 7) is 0.840. The normalized spacial score (nSPS) is 15.3. The molecule has 0 aliphatic carbocycles. The lowest BCUT2D eigenvalue weighted by Gasteiger charge is -2.19. The zero-order valence-electron chi connectivity index (χ0n) is 11.1. The maximum Gasteiger partial charge on any atom is 0.122 e. The van der Waals surface area contributed by atoms with Crippen LogP contribution in [0.5, 0.6) is 5.75 Å². The Hall–Kier alpha value is -0.990. The van der Waals surface area contributed by atoms with Gasteiger partial charge in [-0.05, 0) is 54.2 Å². The molecule has 1 heterocycles. The fourth-order valence-electron chi connectivity index (χ4n) is 2.56. The van der Waals surface area contributed by atoms with Crippen molar-refractivity contribution in [3.63, 3.8) is 0 Å². The highest BCUT2D eigenvalue weighted by molar-refractivity contribution is 9.09. The molecule has 0 N–H and O–H groups in total. The second-order valence-electron chi connectivity index (χ2n) is 5.12. The number of ether oxygens (including phenoxy) is 1. The molecular weight excluding hydrogens is 336 g/mol. The summed E-state index contributed by atoms with van der Waals surface area (Å²) in [5.74, 6) is 1.04. The van der Waals surface area contributed by atoms with E-state index in [1.54, 1.807) is 0 Å². The monoisotopic (exact) mass is 350 g/mol. The fraction of sp³-hybridized carbons (Fsp3) is 0.294. The van der Waals surface area contributed by atoms with E-state index in [0.717, 1.165) is 36.6 Å². The van der Waals surface area contributed by atoms with Gasteiger partial charge < -0.3 is 4.74 Å². The molecule has 0 saturated heterocycles. The molecule has 20 heavy (non-hydrogen) atoms. The number of aryl methyl sites for hydroxylation is 1. The highest BCUT2D eigenvalue weighted by atomic mass is 79.9. The Morgan fingerprint density at radius 3 is 2.95 bits per heavy atom. The molecule has 104 valence electrons. The number of hydrogen-bond donors (Lipinski definition) is 0. The van der Waals surface area contributed by atoms with Crippen LogP contribution in [0.4, 0.5) is 0 Å². The van der Waals surface area contributed by atoms with Gasteiger partial charge in [-0.2, -0.15) is 0 Å². The molecule has 0 aromatic heterocycles. The first-order valence-electron chi connectivity index (χ1n) is 6.86. The zero-order valence-corrected chi connectivity index (χ0v) is 13.5. The molecule has 2 aromatic carbocycles. The molecule has 1 atom stereocenters. The van der Waals surface area contributed by atoms with Gasteiger partial charge in [0.05, 0.1) is 6.61 Å². The number of benzene rings is 2. The van der Waals surface area contributed by atoms with Gasteiger partial charge in [0, 0.05) is 9.85 Å². The molecule has 0 amide bonds. The molecule has 3 heteroatoms. The summed E-state index contributed by atoms with van der Waals surface area (Å²) in [7, 11) is 0. The van der Waals surface area contributed by atoms with Crippen molar-refractivity contribution in [3.05, 3.63) is 64.2 Å². The maximum atomic E-state index is 6.04. The van der Waals surface area contributed by atoms with Gasteiger partial charge in [0.25, 0.3) is 0 Å². The molecular formula is C17H16BrClO. The summed E-state index contributed by atoms with van der Waals surface area (Å²) in [4.78, 5) is 0.299. The van der Waals surface area contributed by atoms with E-state index >= 15 is 0 Å². The third kappa shape index (κ3) is 3.18. The number of halogens is 2. The van der Waals surface area contributed by atoms with Crippen LogP contribution >= 0.6 is 27.5 Å². The van der Waals surface area contributed by atoms with Gasteiger partial charge in [-0.3, -0.25) is 0 Å². The van der Waals surface area contributed by atoms with Crippen molar-refractivity contribution >= 4 is 27.5 Å². The van der Waals surface area contributed by atoms with Gasteiger partial charge in [0.15, 0.2) is 0 Å². The Morgan fingerprint density at radius 2 is 2.10 bits per heavy atom. The quantitative estimate of drug-likeness (QED) is 0.678. The first kappa shape index (κ1) is 14.0. The van der Waals surface area contributed by atoms with Crippen LogP contribution in [0.15, 0.2) is 42.5 Å². The third-order valence-electron chi connectivity index (χ3n) is 3.60. The lowest BCUT2D eigenvalue weighted by atomic mass is 9.99. The standard InChI is InChI=1S/C17H16BrClO/c18-16(10-12-3-1-5-15(19)9-12)13-6-7-17-14(11-13)4-2-8-20-17/h1,3,5-7,9,11,16H,2,4,8,10H2. The number of hydrogen-bond acceptors (Lipinski definition) is 1. The fourth-order valence-corrected chi connectivity index (χ4v) is 3.44. The number of rotatable bonds is 3. The van der Waals surface area contributed by atoms with E-state index in [4.69, 9.17) is 16.3 Å². The molecule has 1 unspecified atom stereocenters. The first-order valence-corrected chi connectivity index (χ1v) is 8.16. The average molecular weight is 352 g/mol. The van der Waals surface area contributed by atoms with Gasteiger partial charge in [-0.15, -0.1) is 0 Å². The van der Waals surface area contributed by atoms with Gasteiger partial charge in [0.2, 0.25) is 0 Å². The van der Waals surface area contributed by atoms with Crippen molar-refractivity contribution in [2.24, 2.45) is 0 Å². The van der Waals surface area contributed by atoms with Crippen LogP contribution in [-0.4, -0.2) is 6.61 Å². The average Bonchev–Trinajstić information content (AvgIpc) is 2.47. The van der Waals surface area contributed by atoms with Crippen molar-refractivity contribution in [2.45, 2.75) is 24.1 Å². The molecule has 0 radical (unpaired) electrons. The minimum atomic E-state index is 0.299. The van der Waals surface area contributed by atoms with E-state index in [1.165, 1.54) is 16.7 Å². The SMILES string of the molecule is Clc1cccc(CC(Br)c2ccc3c(c2)CCCO3)c1. The van der Waals surface area contributed by atoms with Crippen LogP contribution in [0.3, 0.4) is 0 Å². The Labute approximate surface area is 133 Å². The summed E-state index contributed by atoms with van der Waals surface area (Å²) >= 11 is 9.83. The summed E-state index contributed by atoms with van der Waals surface area (Å²) in [6.07, 6.45) is 3.15. The summed E-state index contributed by atoms with van der Waals surface area (Å²) in [5, 5.41) is 0.793. The Balaban J connectivity index is 1.78. The summed E-state index contributed by atoms with van der Waals surface area (Å²) in [5.41, 5.74) is 3.87. The molecule has 2 aromatic rings. The predicted molar refractivity (Wildman–Crippen MR) is 87.1 cm³/mol. The first-order chi connectivity index (χ1) is 9.72. The van der Waals surface area contributed by atoms with E-state index < -0.39 is 0 Å². The third-order valence-corrected chi connectivity index (χ3v) is 4.69. The van der Waals surface area contributed by atoms with Crippen LogP contribution in [0.2, 0.25) is 5.02 Å². The van der Waals surface area contributed by atoms with Crippen molar-refractivity contribution < 1.29 is 4.74 Å². The Bertz CT molecular complexity index is 612. The van der Waals surface area contributed by atoms with E-state index in [-0.39, 0.29) is 0 Å². The summed E-state index contributed by atoms with van der Waals surface area (Å²) in [6, 6.07) is 14.5. The van der Waals surface area contributed by atoms with E-state index in [9.17, 15) is 0 Å². The van der Waals surface area contributed by atoms with Crippen LogP contribution in [-0.2, 0) is 12.8 Å². The summed E-state index contributed by atoms with van der Waals surface area (Å²) < 4.78 is 5.66. The van der Waals surface area contributed by atoms with Crippen molar-refractivity contribution in [3.8, 4) is 5.75 Å². The lowest BCUT2D eigenvalue weighted by Crippen LogP contribution is -2.09. The molecule has 1 aliphatic heterocycles. The maximum absolute atomic E-state index is 6.04. The van der Waals surface area contributed by atoms with Gasteiger partial charge >= 0.3 is 0 Å². The second-order valence-corrected chi connectivity index (χ2v) is 6.66. The largest absolute Gasteiger partial charge is 0.493 e. The molecule has 1 aliphatic rings. The minimum Gasteiger partial charge on any atom is -0.493 e. The highest BCUT2D eigenvalue weighted by Crippen LogP contribution is 2.33. The zero-order chi connectivity index (χ0) is 13.9. The molecule has 0 bridgehead atoms. The van der Waals surface area contributed by atoms with Crippen molar-refractivity contribution in [1.82, 2.24) is 0 Å². The minimum absolute atomic E-state index is 0.299. The van der Waals surface area contributed by atoms with Gasteiger partial charge in [-0.25, -0.2) is 0 Å². The number of alkyl halides is 1. The van der Waals surface area contributed by atoms with Crippen LogP contribution in [0.25, 0.3) is 0 Å². The Morgan fingerprint density at radius 1 is 1.20 bits per heavy atom. The van der Waals surface area contributed by atoms with E-state index in [2.05, 4.69) is 40.2 Å². The Kier molecular flexibility index (Phi) is 4.32. The topological polar surface area (TPSA) is 9.23 Å². The predicted octanol–water partition coefficient (Wildman–Crippen LogP) is 5.34. The molecule has 0 spiro atoms. The lowest BCUT2D eigenvalue weighted by molar-refractivity contribution is 0.288. The van der Waals surface area contributed by atoms with Crippen LogP contribution in [0.1, 0.15) is 27.9 Å². The van der Waals surface area contributed by atoms with Crippen molar-refractivity contribution in [1.29, 1.82) is 0 Å². The molecule has 1 nitrogen and oxygen atoms in total. The molecule has 0 fully saturated rings. The van der Waals surface area contributed by atoms with Crippen LogP contribution in [0, 0.1) is 0 Å². The number of fused-ring (bicyclic) bond motifs is 1. The van der Waals surface area contributed by atoms with Gasteiger partial charge in [-0.1, -0.05) is 51.8 Å². The highest BCUT2D eigenvalue weighted by Gasteiger charge is 2.14. The molecule has 0 saturated carbocycles. The molecule has 3 rings (SSSR count). The smallest absolute Gasteiger partial charge is 0.122 e. The van der Waals surface area contributed by atoms with Crippen molar-refractivity contribution in [2.75, 3.05) is 6.61 Å². The van der Waals surface area contributed by atoms with Gasteiger partial charge in [0.1, 0.15) is 5.75 Å². The van der Waals surface area contributed by atoms with E-state index in [1.807, 2.05) is 18.2 Å². The van der Waals surface area contributed by atoms with Crippen LogP contribution < -0.4 is 4.74 Å². The second kappa shape index (κ2) is 6.19.